The van der Waals surface area contributed by atoms with Crippen molar-refractivity contribution in [2.45, 2.75) is 46.7 Å². The van der Waals surface area contributed by atoms with Gasteiger partial charge in [0.05, 0.1) is 5.69 Å². The van der Waals surface area contributed by atoms with E-state index in [4.69, 9.17) is 4.98 Å². The van der Waals surface area contributed by atoms with Crippen LogP contribution in [0.3, 0.4) is 0 Å². The van der Waals surface area contributed by atoms with Gasteiger partial charge >= 0.3 is 0 Å². The summed E-state index contributed by atoms with van der Waals surface area (Å²) in [5.74, 6) is 0. The minimum Gasteiger partial charge on any atom is -0.349 e. The third-order valence-electron chi connectivity index (χ3n) is 2.71. The predicted molar refractivity (Wildman–Crippen MR) is 72.4 cm³/mol. The van der Waals surface area contributed by atoms with Gasteiger partial charge < -0.3 is 10.2 Å². The molecular weight excluding hydrogens is 218 g/mol. The number of nitrogens with one attached hydrogen (secondary N) is 1. The monoisotopic (exact) mass is 241 g/mol. The highest BCUT2D eigenvalue weighted by Crippen LogP contribution is 2.27. The van der Waals surface area contributed by atoms with Crippen molar-refractivity contribution < 1.29 is 0 Å². The molecule has 1 aromatic heterocycles. The average molecular weight is 241 g/mol. The van der Waals surface area contributed by atoms with Crippen LogP contribution in [-0.2, 0) is 13.0 Å². The molecule has 1 heterocycles. The van der Waals surface area contributed by atoms with Gasteiger partial charge in [-0.25, -0.2) is 4.98 Å². The molecule has 16 heavy (non-hydrogen) atoms. The maximum absolute atomic E-state index is 4.71. The van der Waals surface area contributed by atoms with Crippen molar-refractivity contribution in [3.05, 3.63) is 10.6 Å². The van der Waals surface area contributed by atoms with E-state index in [9.17, 15) is 0 Å². The molecule has 0 radical (unpaired) electrons. The lowest BCUT2D eigenvalue weighted by Gasteiger charge is -2.19. The van der Waals surface area contributed by atoms with Gasteiger partial charge in [-0.1, -0.05) is 13.8 Å². The summed E-state index contributed by atoms with van der Waals surface area (Å²) in [7, 11) is 2.11. The molecular formula is C12H23N3S. The molecule has 1 aromatic rings. The van der Waals surface area contributed by atoms with Gasteiger partial charge in [-0.2, -0.15) is 0 Å². The first-order valence-electron chi connectivity index (χ1n) is 6.02. The summed E-state index contributed by atoms with van der Waals surface area (Å²) >= 11 is 1.81. The molecule has 0 aromatic carbocycles. The molecule has 0 spiro atoms. The standard InChI is InChI=1S/C12H23N3S/c1-6-10-11(8-13-7-2)16-12(14-10)15(5)9(3)4/h9,13H,6-8H2,1-5H3. The Balaban J connectivity index is 2.84. The maximum Gasteiger partial charge on any atom is 0.185 e. The highest BCUT2D eigenvalue weighted by atomic mass is 32.1. The normalized spacial score (nSPS) is 11.1. The second kappa shape index (κ2) is 6.21. The predicted octanol–water partition coefficient (Wildman–Crippen LogP) is 2.66. The smallest absolute Gasteiger partial charge is 0.185 e. The molecule has 0 bridgehead atoms. The molecule has 4 heteroatoms. The first-order chi connectivity index (χ1) is 7.60. The lowest BCUT2D eigenvalue weighted by atomic mass is 10.3. The number of hydrogen-bond acceptors (Lipinski definition) is 4. The maximum atomic E-state index is 4.71. The number of hydrogen-bond donors (Lipinski definition) is 1. The fraction of sp³-hybridized carbons (Fsp3) is 0.750. The number of nitrogens with zero attached hydrogens (tertiary/aromatic N) is 2. The largest absolute Gasteiger partial charge is 0.349 e. The van der Waals surface area contributed by atoms with Crippen molar-refractivity contribution in [2.75, 3.05) is 18.5 Å². The molecule has 0 aliphatic carbocycles. The fourth-order valence-corrected chi connectivity index (χ4v) is 2.61. The van der Waals surface area contributed by atoms with Gasteiger partial charge in [0.15, 0.2) is 5.13 Å². The van der Waals surface area contributed by atoms with Crippen LogP contribution in [0.25, 0.3) is 0 Å². The van der Waals surface area contributed by atoms with E-state index in [1.165, 1.54) is 10.6 Å². The van der Waals surface area contributed by atoms with Crippen LogP contribution in [0.4, 0.5) is 5.13 Å². The van der Waals surface area contributed by atoms with Crippen LogP contribution in [0.5, 0.6) is 0 Å². The highest BCUT2D eigenvalue weighted by molar-refractivity contribution is 7.15. The Morgan fingerprint density at radius 2 is 2.06 bits per heavy atom. The lowest BCUT2D eigenvalue weighted by Crippen LogP contribution is -2.25. The molecule has 0 fully saturated rings. The Labute approximate surface area is 103 Å². The van der Waals surface area contributed by atoms with E-state index in [0.717, 1.165) is 24.6 Å². The minimum absolute atomic E-state index is 0.503. The molecule has 0 saturated carbocycles. The molecule has 1 N–H and O–H groups in total. The molecule has 0 unspecified atom stereocenters. The van der Waals surface area contributed by atoms with E-state index in [1.54, 1.807) is 0 Å². The highest BCUT2D eigenvalue weighted by Gasteiger charge is 2.14. The number of aromatic nitrogens is 1. The summed E-state index contributed by atoms with van der Waals surface area (Å²) < 4.78 is 0. The van der Waals surface area contributed by atoms with E-state index in [2.05, 4.69) is 45.0 Å². The van der Waals surface area contributed by atoms with Crippen molar-refractivity contribution in [2.24, 2.45) is 0 Å². The summed E-state index contributed by atoms with van der Waals surface area (Å²) in [6.45, 7) is 10.6. The van der Waals surface area contributed by atoms with Crippen molar-refractivity contribution >= 4 is 16.5 Å². The molecule has 0 amide bonds. The van der Waals surface area contributed by atoms with Gasteiger partial charge in [0.2, 0.25) is 0 Å². The quantitative estimate of drug-likeness (QED) is 0.830. The molecule has 3 nitrogen and oxygen atoms in total. The topological polar surface area (TPSA) is 28.2 Å². The zero-order chi connectivity index (χ0) is 12.1. The number of aryl methyl sites for hydroxylation is 1. The van der Waals surface area contributed by atoms with E-state index in [-0.39, 0.29) is 0 Å². The first-order valence-corrected chi connectivity index (χ1v) is 6.83. The van der Waals surface area contributed by atoms with Crippen LogP contribution in [-0.4, -0.2) is 24.6 Å². The number of anilines is 1. The molecule has 0 atom stereocenters. The van der Waals surface area contributed by atoms with E-state index >= 15 is 0 Å². The lowest BCUT2D eigenvalue weighted by molar-refractivity contribution is 0.726. The second-order valence-corrected chi connectivity index (χ2v) is 5.27. The summed E-state index contributed by atoms with van der Waals surface area (Å²) in [4.78, 5) is 8.32. The molecule has 0 aliphatic heterocycles. The molecule has 1 rings (SSSR count). The third kappa shape index (κ3) is 3.19. The summed E-state index contributed by atoms with van der Waals surface area (Å²) in [5, 5.41) is 4.51. The molecule has 0 saturated heterocycles. The van der Waals surface area contributed by atoms with Gasteiger partial charge in [0, 0.05) is 24.5 Å². The molecule has 92 valence electrons. The Morgan fingerprint density at radius 1 is 1.38 bits per heavy atom. The van der Waals surface area contributed by atoms with Crippen LogP contribution < -0.4 is 10.2 Å². The summed E-state index contributed by atoms with van der Waals surface area (Å²) in [5.41, 5.74) is 1.24. The van der Waals surface area contributed by atoms with Crippen molar-refractivity contribution in [3.63, 3.8) is 0 Å². The Kier molecular flexibility index (Phi) is 5.22. The van der Waals surface area contributed by atoms with Crippen molar-refractivity contribution in [3.8, 4) is 0 Å². The second-order valence-electron chi connectivity index (χ2n) is 4.20. The fourth-order valence-electron chi connectivity index (χ4n) is 1.39. The van der Waals surface area contributed by atoms with Crippen LogP contribution in [0.2, 0.25) is 0 Å². The van der Waals surface area contributed by atoms with Gasteiger partial charge in [-0.15, -0.1) is 11.3 Å². The van der Waals surface area contributed by atoms with E-state index < -0.39 is 0 Å². The van der Waals surface area contributed by atoms with Crippen LogP contribution in [0.15, 0.2) is 0 Å². The summed E-state index contributed by atoms with van der Waals surface area (Å²) in [6, 6.07) is 0.503. The van der Waals surface area contributed by atoms with Gasteiger partial charge in [0.25, 0.3) is 0 Å². The van der Waals surface area contributed by atoms with Gasteiger partial charge in [-0.05, 0) is 26.8 Å². The van der Waals surface area contributed by atoms with Crippen LogP contribution >= 0.6 is 11.3 Å². The van der Waals surface area contributed by atoms with Gasteiger partial charge in [0.1, 0.15) is 0 Å². The van der Waals surface area contributed by atoms with E-state index in [0.29, 0.717) is 6.04 Å². The Hall–Kier alpha value is -0.610. The van der Waals surface area contributed by atoms with Crippen molar-refractivity contribution in [1.82, 2.24) is 10.3 Å². The Morgan fingerprint density at radius 3 is 2.56 bits per heavy atom. The molecule has 0 aliphatic rings. The van der Waals surface area contributed by atoms with Crippen LogP contribution in [0, 0.1) is 0 Å². The zero-order valence-corrected chi connectivity index (χ0v) is 11.8. The van der Waals surface area contributed by atoms with Gasteiger partial charge in [-0.3, -0.25) is 0 Å². The first kappa shape index (κ1) is 13.5. The zero-order valence-electron chi connectivity index (χ0n) is 11.0. The SMILES string of the molecule is CCNCc1sc(N(C)C(C)C)nc1CC. The summed E-state index contributed by atoms with van der Waals surface area (Å²) in [6.07, 6.45) is 1.02. The Bertz CT molecular complexity index is 320. The van der Waals surface area contributed by atoms with E-state index in [1.807, 2.05) is 11.3 Å². The van der Waals surface area contributed by atoms with Crippen molar-refractivity contribution in [1.29, 1.82) is 0 Å². The number of rotatable bonds is 6. The number of thiazole rings is 1. The average Bonchev–Trinajstić information content (AvgIpc) is 2.68. The third-order valence-corrected chi connectivity index (χ3v) is 3.90. The minimum atomic E-state index is 0.503. The van der Waals surface area contributed by atoms with Crippen LogP contribution in [0.1, 0.15) is 38.3 Å².